The molecule has 1 rings (SSSR count). The molecule has 0 aromatic heterocycles. The van der Waals surface area contributed by atoms with E-state index in [-0.39, 0.29) is 0 Å². The fourth-order valence-electron chi connectivity index (χ4n) is 1.75. The molecular formula is C13H20. The molecule has 0 amide bonds. The number of hydrogen-bond acceptors (Lipinski definition) is 0. The van der Waals surface area contributed by atoms with Crippen LogP contribution in [0, 0.1) is 5.92 Å². The molecule has 0 aromatic rings. The van der Waals surface area contributed by atoms with Gasteiger partial charge >= 0.3 is 0 Å². The van der Waals surface area contributed by atoms with Gasteiger partial charge in [-0.2, -0.15) is 0 Å². The maximum absolute atomic E-state index is 2.34. The highest BCUT2D eigenvalue weighted by Gasteiger charge is 2.02. The minimum Gasteiger partial charge on any atom is -0.0816 e. The first kappa shape index (κ1) is 10.3. The van der Waals surface area contributed by atoms with Gasteiger partial charge in [0, 0.05) is 0 Å². The molecule has 72 valence electrons. The second-order valence-electron chi connectivity index (χ2n) is 4.21. The Bertz CT molecular complexity index is 241. The number of rotatable bonds is 0. The smallest absolute Gasteiger partial charge is 0.0294 e. The summed E-state index contributed by atoms with van der Waals surface area (Å²) in [6, 6.07) is 0. The van der Waals surface area contributed by atoms with Crippen LogP contribution in [0.1, 0.15) is 40.0 Å². The molecule has 0 aliphatic heterocycles. The van der Waals surface area contributed by atoms with Crippen molar-refractivity contribution in [3.8, 4) is 0 Å². The molecule has 0 heterocycles. The van der Waals surface area contributed by atoms with Gasteiger partial charge in [-0.1, -0.05) is 42.4 Å². The quantitative estimate of drug-likeness (QED) is 0.517. The van der Waals surface area contributed by atoms with Gasteiger partial charge in [-0.3, -0.25) is 0 Å². The van der Waals surface area contributed by atoms with Crippen LogP contribution in [-0.4, -0.2) is 0 Å². The predicted molar refractivity (Wildman–Crippen MR) is 59.7 cm³/mol. The first-order valence-electron chi connectivity index (χ1n) is 5.19. The fourth-order valence-corrected chi connectivity index (χ4v) is 1.75. The normalized spacial score (nSPS) is 25.0. The third-order valence-corrected chi connectivity index (χ3v) is 2.54. The Morgan fingerprint density at radius 2 is 2.08 bits per heavy atom. The van der Waals surface area contributed by atoms with E-state index >= 15 is 0 Å². The monoisotopic (exact) mass is 176 g/mol. The summed E-state index contributed by atoms with van der Waals surface area (Å²) in [4.78, 5) is 0. The van der Waals surface area contributed by atoms with Crippen LogP contribution in [0.5, 0.6) is 0 Å². The predicted octanol–water partition coefficient (Wildman–Crippen LogP) is 4.26. The van der Waals surface area contributed by atoms with Gasteiger partial charge in [0.25, 0.3) is 0 Å². The Balaban J connectivity index is 2.72. The average molecular weight is 176 g/mol. The van der Waals surface area contributed by atoms with E-state index < -0.39 is 0 Å². The summed E-state index contributed by atoms with van der Waals surface area (Å²) in [5, 5.41) is 0. The van der Waals surface area contributed by atoms with Gasteiger partial charge in [-0.05, 0) is 39.0 Å². The lowest BCUT2D eigenvalue weighted by molar-refractivity contribution is 0.533. The number of allylic oxidation sites excluding steroid dienone is 6. The van der Waals surface area contributed by atoms with E-state index in [0.717, 1.165) is 5.92 Å². The summed E-state index contributed by atoms with van der Waals surface area (Å²) in [6.07, 6.45) is 12.7. The van der Waals surface area contributed by atoms with Crippen molar-refractivity contribution in [3.63, 3.8) is 0 Å². The summed E-state index contributed by atoms with van der Waals surface area (Å²) in [5.74, 6) is 0.826. The Hall–Kier alpha value is -0.780. The Morgan fingerprint density at radius 1 is 1.31 bits per heavy atom. The van der Waals surface area contributed by atoms with Crippen molar-refractivity contribution in [1.29, 1.82) is 0 Å². The van der Waals surface area contributed by atoms with Gasteiger partial charge in [-0.25, -0.2) is 0 Å². The van der Waals surface area contributed by atoms with Crippen LogP contribution in [0.25, 0.3) is 0 Å². The van der Waals surface area contributed by atoms with E-state index in [1.165, 1.54) is 30.4 Å². The molecule has 0 N–H and O–H groups in total. The van der Waals surface area contributed by atoms with Crippen molar-refractivity contribution in [1.82, 2.24) is 0 Å². The second kappa shape index (κ2) is 5.06. The fraction of sp³-hybridized carbons (Fsp3) is 0.538. The van der Waals surface area contributed by atoms with E-state index in [1.807, 2.05) is 0 Å². The van der Waals surface area contributed by atoms with E-state index in [9.17, 15) is 0 Å². The van der Waals surface area contributed by atoms with E-state index in [4.69, 9.17) is 0 Å². The molecule has 0 saturated heterocycles. The molecule has 0 bridgehead atoms. The lowest BCUT2D eigenvalue weighted by Gasteiger charge is -2.10. The summed E-state index contributed by atoms with van der Waals surface area (Å²) in [6.45, 7) is 6.74. The highest BCUT2D eigenvalue weighted by Crippen LogP contribution is 2.18. The third-order valence-electron chi connectivity index (χ3n) is 2.54. The molecule has 1 unspecified atom stereocenters. The molecule has 0 radical (unpaired) electrons. The highest BCUT2D eigenvalue weighted by molar-refractivity contribution is 5.22. The third kappa shape index (κ3) is 4.12. The van der Waals surface area contributed by atoms with Crippen molar-refractivity contribution in [2.24, 2.45) is 5.92 Å². The van der Waals surface area contributed by atoms with Crippen molar-refractivity contribution >= 4 is 0 Å². The SMILES string of the molecule is CC1=CCCC(C)CC(C)=CC=C1. The van der Waals surface area contributed by atoms with Crippen LogP contribution in [0.2, 0.25) is 0 Å². The molecule has 0 aromatic carbocycles. The van der Waals surface area contributed by atoms with Crippen molar-refractivity contribution in [2.75, 3.05) is 0 Å². The Labute approximate surface area is 82.0 Å². The molecule has 0 fully saturated rings. The van der Waals surface area contributed by atoms with Gasteiger partial charge < -0.3 is 0 Å². The summed E-state index contributed by atoms with van der Waals surface area (Å²) in [5.41, 5.74) is 2.89. The lowest BCUT2D eigenvalue weighted by Crippen LogP contribution is -1.95. The molecule has 1 aliphatic carbocycles. The minimum absolute atomic E-state index is 0.826. The van der Waals surface area contributed by atoms with Gasteiger partial charge in [0.2, 0.25) is 0 Å². The molecule has 0 heteroatoms. The summed E-state index contributed by atoms with van der Waals surface area (Å²) < 4.78 is 0. The molecule has 0 saturated carbocycles. The van der Waals surface area contributed by atoms with Crippen LogP contribution >= 0.6 is 0 Å². The van der Waals surface area contributed by atoms with Gasteiger partial charge in [0.1, 0.15) is 0 Å². The van der Waals surface area contributed by atoms with Gasteiger partial charge in [0.15, 0.2) is 0 Å². The largest absolute Gasteiger partial charge is 0.0816 e. The van der Waals surface area contributed by atoms with Crippen LogP contribution in [0.4, 0.5) is 0 Å². The van der Waals surface area contributed by atoms with Crippen LogP contribution in [0.15, 0.2) is 35.5 Å². The Morgan fingerprint density at radius 3 is 2.85 bits per heavy atom. The van der Waals surface area contributed by atoms with Crippen molar-refractivity contribution in [3.05, 3.63) is 35.5 Å². The molecule has 1 atom stereocenters. The zero-order valence-electron chi connectivity index (χ0n) is 9.01. The molecule has 13 heavy (non-hydrogen) atoms. The second-order valence-corrected chi connectivity index (χ2v) is 4.21. The summed E-state index contributed by atoms with van der Waals surface area (Å²) >= 11 is 0. The molecule has 0 spiro atoms. The van der Waals surface area contributed by atoms with Crippen LogP contribution in [-0.2, 0) is 0 Å². The standard InChI is InChI=1S/C13H20/c1-11-6-4-8-12(2)10-13(3)9-5-7-11/h4,6-8,13H,5,9-10H2,1-3H3. The van der Waals surface area contributed by atoms with Crippen molar-refractivity contribution in [2.45, 2.75) is 40.0 Å². The highest BCUT2D eigenvalue weighted by atomic mass is 14.1. The van der Waals surface area contributed by atoms with Crippen LogP contribution in [0.3, 0.4) is 0 Å². The number of hydrogen-bond donors (Lipinski definition) is 0. The van der Waals surface area contributed by atoms with Crippen molar-refractivity contribution < 1.29 is 0 Å². The van der Waals surface area contributed by atoms with E-state index in [2.05, 4.69) is 45.1 Å². The first-order valence-corrected chi connectivity index (χ1v) is 5.19. The lowest BCUT2D eigenvalue weighted by atomic mass is 9.95. The maximum atomic E-state index is 2.34. The topological polar surface area (TPSA) is 0 Å². The minimum atomic E-state index is 0.826. The zero-order valence-corrected chi connectivity index (χ0v) is 9.01. The molecule has 0 nitrogen and oxygen atoms in total. The Kier molecular flexibility index (Phi) is 4.01. The van der Waals surface area contributed by atoms with Crippen LogP contribution < -0.4 is 0 Å². The molecular weight excluding hydrogens is 156 g/mol. The summed E-state index contributed by atoms with van der Waals surface area (Å²) in [7, 11) is 0. The van der Waals surface area contributed by atoms with Gasteiger partial charge in [-0.15, -0.1) is 0 Å². The molecule has 1 aliphatic rings. The van der Waals surface area contributed by atoms with E-state index in [0.29, 0.717) is 0 Å². The van der Waals surface area contributed by atoms with E-state index in [1.54, 1.807) is 0 Å². The maximum Gasteiger partial charge on any atom is -0.0294 e. The van der Waals surface area contributed by atoms with Gasteiger partial charge in [0.05, 0.1) is 0 Å². The zero-order chi connectivity index (χ0) is 9.68. The average Bonchev–Trinajstić information content (AvgIpc) is 2.03. The first-order chi connectivity index (χ1) is 6.18.